The van der Waals surface area contributed by atoms with E-state index < -0.39 is 0 Å². The molecule has 0 aromatic rings. The maximum absolute atomic E-state index is 11.9. The number of rotatable bonds is 6. The molecule has 1 atom stereocenters. The third-order valence-electron chi connectivity index (χ3n) is 2.73. The largest absolute Gasteiger partial charge is 0.366 e. The first-order valence-corrected chi connectivity index (χ1v) is 5.90. The molecule has 5 heteroatoms. The van der Waals surface area contributed by atoms with E-state index in [0.29, 0.717) is 26.1 Å². The normalized spacial score (nSPS) is 21.9. The summed E-state index contributed by atoms with van der Waals surface area (Å²) in [6.07, 6.45) is 1.33. The lowest BCUT2D eigenvalue weighted by Crippen LogP contribution is -2.48. The maximum atomic E-state index is 11.9. The first-order chi connectivity index (χ1) is 7.65. The van der Waals surface area contributed by atoms with Crippen molar-refractivity contribution in [3.8, 4) is 0 Å². The third-order valence-corrected chi connectivity index (χ3v) is 2.73. The predicted octanol–water partition coefficient (Wildman–Crippen LogP) is -0.486. The molecule has 2 N–H and O–H groups in total. The fourth-order valence-electron chi connectivity index (χ4n) is 1.85. The molecule has 0 aliphatic carbocycles. The van der Waals surface area contributed by atoms with E-state index in [1.165, 1.54) is 0 Å². The Morgan fingerprint density at radius 2 is 2.31 bits per heavy atom. The molecule has 1 saturated heterocycles. The van der Waals surface area contributed by atoms with Crippen LogP contribution in [-0.2, 0) is 9.53 Å². The molecule has 0 aromatic carbocycles. The quantitative estimate of drug-likeness (QED) is 0.668. The second kappa shape index (κ2) is 6.83. The zero-order valence-electron chi connectivity index (χ0n) is 10.3. The summed E-state index contributed by atoms with van der Waals surface area (Å²) < 4.78 is 5.41. The van der Waals surface area contributed by atoms with E-state index in [0.717, 1.165) is 19.5 Å². The van der Waals surface area contributed by atoms with Crippen LogP contribution in [-0.4, -0.2) is 68.7 Å². The minimum absolute atomic E-state index is 0.107. The van der Waals surface area contributed by atoms with Gasteiger partial charge < -0.3 is 20.3 Å². The Balaban J connectivity index is 2.32. The van der Waals surface area contributed by atoms with Crippen molar-refractivity contribution >= 4 is 5.91 Å². The molecule has 0 spiro atoms. The van der Waals surface area contributed by atoms with Crippen molar-refractivity contribution in [2.24, 2.45) is 5.73 Å². The number of carbonyl (C=O) groups excluding carboxylic acids is 1. The van der Waals surface area contributed by atoms with Crippen molar-refractivity contribution in [1.82, 2.24) is 9.80 Å². The van der Waals surface area contributed by atoms with Crippen LogP contribution in [0.25, 0.3) is 0 Å². The van der Waals surface area contributed by atoms with Gasteiger partial charge in [-0.05, 0) is 40.0 Å². The molecule has 1 heterocycles. The molecule has 1 rings (SSSR count). The van der Waals surface area contributed by atoms with Crippen LogP contribution in [0.2, 0.25) is 0 Å². The number of nitrogens with two attached hydrogens (primary N) is 1. The predicted molar refractivity (Wildman–Crippen MR) is 63.2 cm³/mol. The van der Waals surface area contributed by atoms with Crippen LogP contribution in [0.1, 0.15) is 12.8 Å². The van der Waals surface area contributed by atoms with E-state index in [-0.39, 0.29) is 12.0 Å². The van der Waals surface area contributed by atoms with Gasteiger partial charge in [-0.25, -0.2) is 0 Å². The zero-order chi connectivity index (χ0) is 12.0. The zero-order valence-corrected chi connectivity index (χ0v) is 10.3. The van der Waals surface area contributed by atoms with Gasteiger partial charge in [-0.2, -0.15) is 0 Å². The van der Waals surface area contributed by atoms with Gasteiger partial charge in [0.05, 0.1) is 6.61 Å². The van der Waals surface area contributed by atoms with E-state index in [4.69, 9.17) is 10.5 Å². The van der Waals surface area contributed by atoms with Crippen LogP contribution < -0.4 is 5.73 Å². The van der Waals surface area contributed by atoms with Crippen LogP contribution in [0.15, 0.2) is 0 Å². The lowest BCUT2D eigenvalue weighted by molar-refractivity contribution is -0.153. The number of hydrogen-bond donors (Lipinski definition) is 1. The SMILES string of the molecule is CN(C)CCCN1CCOC(CCN)C1=O. The van der Waals surface area contributed by atoms with Crippen molar-refractivity contribution in [3.63, 3.8) is 0 Å². The van der Waals surface area contributed by atoms with Crippen LogP contribution in [0.5, 0.6) is 0 Å². The van der Waals surface area contributed by atoms with E-state index >= 15 is 0 Å². The molecule has 1 fully saturated rings. The topological polar surface area (TPSA) is 58.8 Å². The summed E-state index contributed by atoms with van der Waals surface area (Å²) in [5, 5.41) is 0. The van der Waals surface area contributed by atoms with Gasteiger partial charge in [-0.3, -0.25) is 4.79 Å². The molecule has 0 bridgehead atoms. The minimum Gasteiger partial charge on any atom is -0.366 e. The van der Waals surface area contributed by atoms with Gasteiger partial charge in [-0.1, -0.05) is 0 Å². The molecule has 1 aliphatic rings. The van der Waals surface area contributed by atoms with Crippen LogP contribution in [0.3, 0.4) is 0 Å². The Morgan fingerprint density at radius 3 is 2.94 bits per heavy atom. The van der Waals surface area contributed by atoms with E-state index in [1.54, 1.807) is 0 Å². The van der Waals surface area contributed by atoms with Gasteiger partial charge in [-0.15, -0.1) is 0 Å². The van der Waals surface area contributed by atoms with Crippen LogP contribution >= 0.6 is 0 Å². The van der Waals surface area contributed by atoms with E-state index in [2.05, 4.69) is 4.90 Å². The smallest absolute Gasteiger partial charge is 0.251 e. The molecule has 0 radical (unpaired) electrons. The standard InChI is InChI=1S/C11H23N3O2/c1-13(2)6-3-7-14-8-9-16-10(4-5-12)11(14)15/h10H,3-9,12H2,1-2H3. The Morgan fingerprint density at radius 1 is 1.56 bits per heavy atom. The van der Waals surface area contributed by atoms with Gasteiger partial charge in [0.15, 0.2) is 0 Å². The number of nitrogens with zero attached hydrogens (tertiary/aromatic N) is 2. The fourth-order valence-corrected chi connectivity index (χ4v) is 1.85. The highest BCUT2D eigenvalue weighted by Crippen LogP contribution is 2.10. The van der Waals surface area contributed by atoms with E-state index in [1.807, 2.05) is 19.0 Å². The monoisotopic (exact) mass is 229 g/mol. The van der Waals surface area contributed by atoms with Crippen molar-refractivity contribution in [1.29, 1.82) is 0 Å². The van der Waals surface area contributed by atoms with Gasteiger partial charge >= 0.3 is 0 Å². The van der Waals surface area contributed by atoms with Crippen molar-refractivity contribution < 1.29 is 9.53 Å². The molecular weight excluding hydrogens is 206 g/mol. The summed E-state index contributed by atoms with van der Waals surface area (Å²) in [5.74, 6) is 0.107. The van der Waals surface area contributed by atoms with E-state index in [9.17, 15) is 4.79 Å². The highest BCUT2D eigenvalue weighted by atomic mass is 16.5. The van der Waals surface area contributed by atoms with Gasteiger partial charge in [0, 0.05) is 13.1 Å². The van der Waals surface area contributed by atoms with Gasteiger partial charge in [0.2, 0.25) is 0 Å². The third kappa shape index (κ3) is 4.08. The van der Waals surface area contributed by atoms with Crippen molar-refractivity contribution in [2.75, 3.05) is 46.9 Å². The van der Waals surface area contributed by atoms with Crippen molar-refractivity contribution in [2.45, 2.75) is 18.9 Å². The summed E-state index contributed by atoms with van der Waals surface area (Å²) >= 11 is 0. The van der Waals surface area contributed by atoms with Crippen LogP contribution in [0, 0.1) is 0 Å². The molecule has 94 valence electrons. The second-order valence-corrected chi connectivity index (χ2v) is 4.42. The number of carbonyl (C=O) groups is 1. The average molecular weight is 229 g/mol. The Labute approximate surface area is 97.5 Å². The Bertz CT molecular complexity index is 219. The summed E-state index contributed by atoms with van der Waals surface area (Å²) in [5.41, 5.74) is 5.45. The molecule has 5 nitrogen and oxygen atoms in total. The molecule has 0 saturated carbocycles. The number of ether oxygens (including phenoxy) is 1. The first kappa shape index (κ1) is 13.4. The molecule has 1 unspecified atom stereocenters. The number of hydrogen-bond acceptors (Lipinski definition) is 4. The molecule has 0 aromatic heterocycles. The average Bonchev–Trinajstić information content (AvgIpc) is 2.23. The highest BCUT2D eigenvalue weighted by Gasteiger charge is 2.28. The fraction of sp³-hybridized carbons (Fsp3) is 0.909. The lowest BCUT2D eigenvalue weighted by Gasteiger charge is -2.32. The first-order valence-electron chi connectivity index (χ1n) is 5.90. The number of morpholine rings is 1. The minimum atomic E-state index is -0.307. The number of amides is 1. The maximum Gasteiger partial charge on any atom is 0.251 e. The molecule has 1 amide bonds. The summed E-state index contributed by atoms with van der Waals surface area (Å²) in [6.45, 7) is 3.68. The van der Waals surface area contributed by atoms with Crippen molar-refractivity contribution in [3.05, 3.63) is 0 Å². The Kier molecular flexibility index (Phi) is 5.73. The van der Waals surface area contributed by atoms with Gasteiger partial charge in [0.1, 0.15) is 6.10 Å². The highest BCUT2D eigenvalue weighted by molar-refractivity contribution is 5.81. The molecule has 16 heavy (non-hydrogen) atoms. The summed E-state index contributed by atoms with van der Waals surface area (Å²) in [4.78, 5) is 15.9. The molecular formula is C11H23N3O2. The Hall–Kier alpha value is -0.650. The van der Waals surface area contributed by atoms with Crippen LogP contribution in [0.4, 0.5) is 0 Å². The molecule has 1 aliphatic heterocycles. The summed E-state index contributed by atoms with van der Waals surface area (Å²) in [6, 6.07) is 0. The summed E-state index contributed by atoms with van der Waals surface area (Å²) in [7, 11) is 4.08. The second-order valence-electron chi connectivity index (χ2n) is 4.42. The lowest BCUT2D eigenvalue weighted by atomic mass is 10.2. The van der Waals surface area contributed by atoms with Gasteiger partial charge in [0.25, 0.3) is 5.91 Å².